The Morgan fingerprint density at radius 2 is 1.68 bits per heavy atom. The smallest absolute Gasteiger partial charge is 0.256 e. The van der Waals surface area contributed by atoms with Gasteiger partial charge in [0.25, 0.3) is 5.91 Å². The van der Waals surface area contributed by atoms with Crippen LogP contribution in [-0.4, -0.2) is 22.5 Å². The summed E-state index contributed by atoms with van der Waals surface area (Å²) in [4.78, 5) is 13.7. The number of aliphatic hydroxyl groups is 1. The molecule has 1 aliphatic rings. The first kappa shape index (κ1) is 11.9. The fraction of sp³-hybridized carbons (Fsp3) is 0.188. The Morgan fingerprint density at radius 1 is 1.00 bits per heavy atom. The maximum Gasteiger partial charge on any atom is 0.256 e. The van der Waals surface area contributed by atoms with E-state index in [2.05, 4.69) is 0 Å². The zero-order valence-corrected chi connectivity index (χ0v) is 10.5. The van der Waals surface area contributed by atoms with Gasteiger partial charge in [-0.15, -0.1) is 0 Å². The fourth-order valence-corrected chi connectivity index (χ4v) is 2.47. The van der Waals surface area contributed by atoms with Crippen molar-refractivity contribution in [3.63, 3.8) is 0 Å². The highest BCUT2D eigenvalue weighted by atomic mass is 16.3. The molecule has 1 heterocycles. The van der Waals surface area contributed by atoms with Gasteiger partial charge in [0.2, 0.25) is 0 Å². The van der Waals surface area contributed by atoms with Gasteiger partial charge in [0.15, 0.2) is 6.23 Å². The molecule has 19 heavy (non-hydrogen) atoms. The van der Waals surface area contributed by atoms with Crippen LogP contribution < -0.4 is 0 Å². The van der Waals surface area contributed by atoms with Gasteiger partial charge < -0.3 is 10.0 Å². The molecule has 0 saturated carbocycles. The summed E-state index contributed by atoms with van der Waals surface area (Å²) >= 11 is 0. The van der Waals surface area contributed by atoms with Crippen LogP contribution in [0, 0.1) is 0 Å². The highest BCUT2D eigenvalue weighted by molar-refractivity contribution is 5.98. The Morgan fingerprint density at radius 3 is 2.42 bits per heavy atom. The van der Waals surface area contributed by atoms with E-state index in [1.807, 2.05) is 42.5 Å². The van der Waals surface area contributed by atoms with Gasteiger partial charge in [0.05, 0.1) is 0 Å². The lowest BCUT2D eigenvalue weighted by molar-refractivity contribution is 0.0182. The number of aliphatic hydroxyl groups excluding tert-OH is 1. The summed E-state index contributed by atoms with van der Waals surface area (Å²) in [5, 5.41) is 10.2. The van der Waals surface area contributed by atoms with E-state index in [9.17, 15) is 9.90 Å². The highest BCUT2D eigenvalue weighted by Gasteiger charge is 2.34. The second-order valence-electron chi connectivity index (χ2n) is 4.70. The number of nitrogens with zero attached hydrogens (tertiary/aromatic N) is 1. The summed E-state index contributed by atoms with van der Waals surface area (Å²) in [5.74, 6) is -0.0842. The first-order valence-corrected chi connectivity index (χ1v) is 6.39. The number of benzene rings is 2. The molecule has 0 spiro atoms. The van der Waals surface area contributed by atoms with Gasteiger partial charge in [-0.25, -0.2) is 0 Å². The van der Waals surface area contributed by atoms with Gasteiger partial charge in [-0.3, -0.25) is 4.79 Å². The number of rotatable bonds is 3. The van der Waals surface area contributed by atoms with E-state index in [4.69, 9.17) is 0 Å². The SMILES string of the molecule is O=C1c2ccccc2[C@H](O)N1CCc1ccccc1. The molecular weight excluding hydrogens is 238 g/mol. The number of carbonyl (C=O) groups is 1. The lowest BCUT2D eigenvalue weighted by Crippen LogP contribution is -2.30. The van der Waals surface area contributed by atoms with Gasteiger partial charge in [-0.05, 0) is 18.1 Å². The molecule has 3 rings (SSSR count). The van der Waals surface area contributed by atoms with Crippen LogP contribution in [0.5, 0.6) is 0 Å². The van der Waals surface area contributed by atoms with Crippen molar-refractivity contribution in [3.05, 3.63) is 71.3 Å². The van der Waals surface area contributed by atoms with Crippen LogP contribution in [0.15, 0.2) is 54.6 Å². The molecule has 3 heteroatoms. The minimum atomic E-state index is -0.813. The average molecular weight is 253 g/mol. The minimum absolute atomic E-state index is 0.0842. The Hall–Kier alpha value is -2.13. The topological polar surface area (TPSA) is 40.5 Å². The summed E-state index contributed by atoms with van der Waals surface area (Å²) in [5.41, 5.74) is 2.49. The zero-order valence-electron chi connectivity index (χ0n) is 10.5. The number of amides is 1. The highest BCUT2D eigenvalue weighted by Crippen LogP contribution is 2.31. The Labute approximate surface area is 112 Å². The monoisotopic (exact) mass is 253 g/mol. The molecule has 3 nitrogen and oxygen atoms in total. The van der Waals surface area contributed by atoms with Crippen molar-refractivity contribution in [1.82, 2.24) is 4.90 Å². The van der Waals surface area contributed by atoms with Crippen molar-refractivity contribution in [3.8, 4) is 0 Å². The van der Waals surface area contributed by atoms with Crippen LogP contribution in [0.4, 0.5) is 0 Å². The first-order valence-electron chi connectivity index (χ1n) is 6.39. The molecular formula is C16H15NO2. The van der Waals surface area contributed by atoms with Crippen molar-refractivity contribution < 1.29 is 9.90 Å². The molecule has 0 radical (unpaired) electrons. The van der Waals surface area contributed by atoms with Crippen LogP contribution >= 0.6 is 0 Å². The van der Waals surface area contributed by atoms with E-state index in [1.165, 1.54) is 10.5 Å². The molecule has 0 saturated heterocycles. The molecule has 1 N–H and O–H groups in total. The van der Waals surface area contributed by atoms with E-state index in [0.29, 0.717) is 17.7 Å². The predicted octanol–water partition coefficient (Wildman–Crippen LogP) is 2.38. The molecule has 2 aromatic carbocycles. The number of carbonyl (C=O) groups excluding carboxylic acids is 1. The summed E-state index contributed by atoms with van der Waals surface area (Å²) in [7, 11) is 0. The third-order valence-electron chi connectivity index (χ3n) is 3.51. The van der Waals surface area contributed by atoms with Crippen molar-refractivity contribution in [1.29, 1.82) is 0 Å². The Bertz CT molecular complexity index is 595. The molecule has 96 valence electrons. The van der Waals surface area contributed by atoms with Gasteiger partial charge in [-0.1, -0.05) is 48.5 Å². The maximum absolute atomic E-state index is 12.2. The zero-order chi connectivity index (χ0) is 13.2. The van der Waals surface area contributed by atoms with Gasteiger partial charge in [0.1, 0.15) is 0 Å². The predicted molar refractivity (Wildman–Crippen MR) is 72.6 cm³/mol. The van der Waals surface area contributed by atoms with Gasteiger partial charge >= 0.3 is 0 Å². The Balaban J connectivity index is 1.76. The molecule has 1 aliphatic heterocycles. The van der Waals surface area contributed by atoms with Crippen LogP contribution in [0.2, 0.25) is 0 Å². The normalized spacial score (nSPS) is 17.6. The number of hydrogen-bond donors (Lipinski definition) is 1. The molecule has 0 fully saturated rings. The van der Waals surface area contributed by atoms with Crippen LogP contribution in [0.25, 0.3) is 0 Å². The largest absolute Gasteiger partial charge is 0.369 e. The second kappa shape index (κ2) is 4.86. The minimum Gasteiger partial charge on any atom is -0.369 e. The first-order chi connectivity index (χ1) is 9.27. The summed E-state index contributed by atoms with van der Waals surface area (Å²) in [6.07, 6.45) is -0.0649. The van der Waals surface area contributed by atoms with Gasteiger partial charge in [0, 0.05) is 17.7 Å². The molecule has 0 aliphatic carbocycles. The molecule has 1 atom stereocenters. The lowest BCUT2D eigenvalue weighted by Gasteiger charge is -2.20. The van der Waals surface area contributed by atoms with Crippen LogP contribution in [0.1, 0.15) is 27.7 Å². The Kier molecular flexibility index (Phi) is 3.05. The summed E-state index contributed by atoms with van der Waals surface area (Å²) in [6, 6.07) is 17.2. The van der Waals surface area contributed by atoms with E-state index < -0.39 is 6.23 Å². The molecule has 0 aromatic heterocycles. The average Bonchev–Trinajstić information content (AvgIpc) is 2.71. The van der Waals surface area contributed by atoms with Crippen molar-refractivity contribution >= 4 is 5.91 Å². The van der Waals surface area contributed by atoms with Crippen LogP contribution in [0.3, 0.4) is 0 Å². The molecule has 0 unspecified atom stereocenters. The summed E-state index contributed by atoms with van der Waals surface area (Å²) in [6.45, 7) is 0.526. The maximum atomic E-state index is 12.2. The van der Waals surface area contributed by atoms with Crippen molar-refractivity contribution in [2.45, 2.75) is 12.6 Å². The third-order valence-corrected chi connectivity index (χ3v) is 3.51. The molecule has 0 bridgehead atoms. The van der Waals surface area contributed by atoms with Crippen LogP contribution in [-0.2, 0) is 6.42 Å². The molecule has 1 amide bonds. The van der Waals surface area contributed by atoms with Gasteiger partial charge in [-0.2, -0.15) is 0 Å². The third kappa shape index (κ3) is 2.13. The summed E-state index contributed by atoms with van der Waals surface area (Å²) < 4.78 is 0. The second-order valence-corrected chi connectivity index (χ2v) is 4.70. The van der Waals surface area contributed by atoms with E-state index in [-0.39, 0.29) is 5.91 Å². The number of hydrogen-bond acceptors (Lipinski definition) is 2. The quantitative estimate of drug-likeness (QED) is 0.912. The standard InChI is InChI=1S/C16H15NO2/c18-15-13-8-4-5-9-14(13)16(19)17(15)11-10-12-6-2-1-3-7-12/h1-9,15,18H,10-11H2/t15-/m0/s1. The molecule has 2 aromatic rings. The van der Waals surface area contributed by atoms with E-state index >= 15 is 0 Å². The van der Waals surface area contributed by atoms with Crippen molar-refractivity contribution in [2.24, 2.45) is 0 Å². The van der Waals surface area contributed by atoms with Crippen molar-refractivity contribution in [2.75, 3.05) is 6.54 Å². The fourth-order valence-electron chi connectivity index (χ4n) is 2.47. The number of fused-ring (bicyclic) bond motifs is 1. The van der Waals surface area contributed by atoms with E-state index in [0.717, 1.165) is 6.42 Å². The lowest BCUT2D eigenvalue weighted by atomic mass is 10.1. The van der Waals surface area contributed by atoms with E-state index in [1.54, 1.807) is 12.1 Å².